The van der Waals surface area contributed by atoms with Crippen LogP contribution in [0, 0.1) is 5.92 Å². The molecular weight excluding hydrogens is 342 g/mol. The first-order valence-electron chi connectivity index (χ1n) is 9.57. The summed E-state index contributed by atoms with van der Waals surface area (Å²) in [5, 5.41) is 2.80. The predicted molar refractivity (Wildman–Crippen MR) is 105 cm³/mol. The quantitative estimate of drug-likeness (QED) is 0.829. The molecule has 1 saturated heterocycles. The van der Waals surface area contributed by atoms with Crippen molar-refractivity contribution in [2.24, 2.45) is 11.7 Å². The lowest BCUT2D eigenvalue weighted by atomic mass is 9.87. The molecule has 1 aromatic carbocycles. The molecular formula is C21H31N3O3. The summed E-state index contributed by atoms with van der Waals surface area (Å²) >= 11 is 0. The number of amides is 3. The van der Waals surface area contributed by atoms with Crippen LogP contribution in [0.3, 0.4) is 0 Å². The second kappa shape index (κ2) is 8.55. The number of hydrogen-bond acceptors (Lipinski definition) is 3. The van der Waals surface area contributed by atoms with E-state index in [1.165, 1.54) is 0 Å². The number of nitrogens with zero attached hydrogens (tertiary/aromatic N) is 1. The number of carbonyl (C=O) groups excluding carboxylic acids is 3. The second-order valence-corrected chi connectivity index (χ2v) is 8.41. The second-order valence-electron chi connectivity index (χ2n) is 8.41. The third-order valence-corrected chi connectivity index (χ3v) is 5.24. The molecule has 0 radical (unpaired) electrons. The van der Waals surface area contributed by atoms with Gasteiger partial charge in [0, 0.05) is 31.1 Å². The first-order valence-corrected chi connectivity index (χ1v) is 9.57. The largest absolute Gasteiger partial charge is 0.369 e. The van der Waals surface area contributed by atoms with Crippen molar-refractivity contribution in [3.8, 4) is 0 Å². The third kappa shape index (κ3) is 5.55. The lowest BCUT2D eigenvalue weighted by Crippen LogP contribution is -2.49. The Morgan fingerprint density at radius 1 is 1.15 bits per heavy atom. The molecule has 3 N–H and O–H groups in total. The molecule has 6 heteroatoms. The van der Waals surface area contributed by atoms with Crippen LogP contribution in [-0.2, 0) is 15.0 Å². The van der Waals surface area contributed by atoms with Crippen LogP contribution in [0.4, 0.5) is 0 Å². The molecule has 1 aliphatic heterocycles. The number of piperidine rings is 1. The van der Waals surface area contributed by atoms with Crippen molar-refractivity contribution in [1.82, 2.24) is 10.2 Å². The van der Waals surface area contributed by atoms with E-state index in [1.54, 1.807) is 4.90 Å². The van der Waals surface area contributed by atoms with Gasteiger partial charge in [-0.2, -0.15) is 0 Å². The van der Waals surface area contributed by atoms with Gasteiger partial charge in [0.2, 0.25) is 11.8 Å². The summed E-state index contributed by atoms with van der Waals surface area (Å²) in [4.78, 5) is 37.9. The van der Waals surface area contributed by atoms with E-state index >= 15 is 0 Å². The van der Waals surface area contributed by atoms with E-state index in [2.05, 4.69) is 26.1 Å². The van der Waals surface area contributed by atoms with Gasteiger partial charge in [0.25, 0.3) is 5.91 Å². The molecule has 0 bridgehead atoms. The highest BCUT2D eigenvalue weighted by Gasteiger charge is 2.31. The maximum Gasteiger partial charge on any atom is 0.251 e. The fourth-order valence-electron chi connectivity index (χ4n) is 3.34. The number of primary amides is 1. The Labute approximate surface area is 161 Å². The molecule has 1 aromatic rings. The van der Waals surface area contributed by atoms with Crippen molar-refractivity contribution in [2.45, 2.75) is 58.4 Å². The molecule has 0 spiro atoms. The maximum absolute atomic E-state index is 12.5. The molecule has 0 unspecified atom stereocenters. The van der Waals surface area contributed by atoms with Crippen LogP contribution in [-0.4, -0.2) is 41.8 Å². The minimum Gasteiger partial charge on any atom is -0.369 e. The number of carbonyl (C=O) groups is 3. The monoisotopic (exact) mass is 373 g/mol. The van der Waals surface area contributed by atoms with Gasteiger partial charge in [-0.15, -0.1) is 0 Å². The fraction of sp³-hybridized carbons (Fsp3) is 0.571. The Kier molecular flexibility index (Phi) is 6.63. The molecule has 27 heavy (non-hydrogen) atoms. The Bertz CT molecular complexity index is 692. The van der Waals surface area contributed by atoms with Crippen LogP contribution in [0.2, 0.25) is 0 Å². The highest BCUT2D eigenvalue weighted by Crippen LogP contribution is 2.23. The number of likely N-dealkylation sites (tertiary alicyclic amines) is 1. The first kappa shape index (κ1) is 20.9. The van der Waals surface area contributed by atoms with E-state index in [9.17, 15) is 14.4 Å². The lowest BCUT2D eigenvalue weighted by molar-refractivity contribution is -0.137. The zero-order valence-electron chi connectivity index (χ0n) is 16.7. The number of benzene rings is 1. The number of nitrogens with one attached hydrogen (secondary N) is 1. The average Bonchev–Trinajstić information content (AvgIpc) is 2.61. The van der Waals surface area contributed by atoms with E-state index in [1.807, 2.05) is 31.2 Å². The van der Waals surface area contributed by atoms with Gasteiger partial charge in [0.05, 0.1) is 5.92 Å². The molecule has 3 amide bonds. The Balaban J connectivity index is 1.85. The summed E-state index contributed by atoms with van der Waals surface area (Å²) in [6, 6.07) is 7.62. The lowest BCUT2D eigenvalue weighted by Gasteiger charge is -2.37. The number of hydrogen-bond donors (Lipinski definition) is 2. The predicted octanol–water partition coefficient (Wildman–Crippen LogP) is 2.22. The normalized spacial score (nSPS) is 20.2. The van der Waals surface area contributed by atoms with Crippen LogP contribution in [0.1, 0.15) is 62.9 Å². The van der Waals surface area contributed by atoms with Gasteiger partial charge in [-0.1, -0.05) is 32.9 Å². The third-order valence-electron chi connectivity index (χ3n) is 5.24. The molecule has 2 rings (SSSR count). The summed E-state index contributed by atoms with van der Waals surface area (Å²) in [6.07, 6.45) is 1.70. The average molecular weight is 373 g/mol. The number of nitrogens with two attached hydrogens (primary N) is 1. The molecule has 148 valence electrons. The van der Waals surface area contributed by atoms with Crippen molar-refractivity contribution in [2.75, 3.05) is 13.1 Å². The fourth-order valence-corrected chi connectivity index (χ4v) is 3.34. The van der Waals surface area contributed by atoms with Crippen LogP contribution in [0.25, 0.3) is 0 Å². The summed E-state index contributed by atoms with van der Waals surface area (Å²) in [6.45, 7) is 8.99. The highest BCUT2D eigenvalue weighted by molar-refractivity contribution is 5.94. The standard InChI is InChI=1S/C21H31N3O3/c1-14-5-6-16(19(22)26)13-24(14)18(25)11-12-23-20(27)15-7-9-17(10-8-15)21(2,3)4/h7-10,14,16H,5-6,11-13H2,1-4H3,(H2,22,26)(H,23,27)/t14-,16+/m1/s1. The molecule has 0 aromatic heterocycles. The van der Waals surface area contributed by atoms with Gasteiger partial charge in [0.1, 0.15) is 0 Å². The van der Waals surface area contributed by atoms with Crippen molar-refractivity contribution in [3.63, 3.8) is 0 Å². The van der Waals surface area contributed by atoms with Gasteiger partial charge in [-0.05, 0) is 42.9 Å². The molecule has 6 nitrogen and oxygen atoms in total. The maximum atomic E-state index is 12.5. The Morgan fingerprint density at radius 3 is 2.33 bits per heavy atom. The summed E-state index contributed by atoms with van der Waals surface area (Å²) in [5.74, 6) is -0.880. The van der Waals surface area contributed by atoms with Gasteiger partial charge in [0.15, 0.2) is 0 Å². The van der Waals surface area contributed by atoms with Gasteiger partial charge in [-0.25, -0.2) is 0 Å². The molecule has 1 heterocycles. The van der Waals surface area contributed by atoms with Crippen LogP contribution in [0.5, 0.6) is 0 Å². The summed E-state index contributed by atoms with van der Waals surface area (Å²) < 4.78 is 0. The molecule has 1 aliphatic rings. The van der Waals surface area contributed by atoms with Gasteiger partial charge < -0.3 is 16.0 Å². The van der Waals surface area contributed by atoms with Gasteiger partial charge >= 0.3 is 0 Å². The number of rotatable bonds is 5. The van der Waals surface area contributed by atoms with Crippen LogP contribution >= 0.6 is 0 Å². The zero-order chi connectivity index (χ0) is 20.2. The van der Waals surface area contributed by atoms with E-state index in [0.29, 0.717) is 12.1 Å². The van der Waals surface area contributed by atoms with Crippen LogP contribution < -0.4 is 11.1 Å². The molecule has 0 aliphatic carbocycles. The molecule has 1 fully saturated rings. The van der Waals surface area contributed by atoms with Crippen molar-refractivity contribution in [1.29, 1.82) is 0 Å². The van der Waals surface area contributed by atoms with Crippen molar-refractivity contribution >= 4 is 17.7 Å². The summed E-state index contributed by atoms with van der Waals surface area (Å²) in [5.41, 5.74) is 7.16. The zero-order valence-corrected chi connectivity index (χ0v) is 16.7. The summed E-state index contributed by atoms with van der Waals surface area (Å²) in [7, 11) is 0. The molecule has 2 atom stereocenters. The van der Waals surface area contributed by atoms with Crippen molar-refractivity contribution in [3.05, 3.63) is 35.4 Å². The SMILES string of the molecule is C[C@@H]1CC[C@H](C(N)=O)CN1C(=O)CCNC(=O)c1ccc(C(C)(C)C)cc1. The van der Waals surface area contributed by atoms with Crippen LogP contribution in [0.15, 0.2) is 24.3 Å². The molecule has 0 saturated carbocycles. The Hall–Kier alpha value is -2.37. The van der Waals surface area contributed by atoms with Crippen molar-refractivity contribution < 1.29 is 14.4 Å². The highest BCUT2D eigenvalue weighted by atomic mass is 16.2. The Morgan fingerprint density at radius 2 is 1.78 bits per heavy atom. The smallest absolute Gasteiger partial charge is 0.251 e. The minimum atomic E-state index is -0.355. The van der Waals surface area contributed by atoms with Gasteiger partial charge in [-0.3, -0.25) is 14.4 Å². The van der Waals surface area contributed by atoms with E-state index in [0.717, 1.165) is 18.4 Å². The minimum absolute atomic E-state index is 0.0370. The first-order chi connectivity index (χ1) is 12.6. The van der Waals surface area contributed by atoms with E-state index in [4.69, 9.17) is 5.73 Å². The van der Waals surface area contributed by atoms with E-state index < -0.39 is 0 Å². The topological polar surface area (TPSA) is 92.5 Å². The van der Waals surface area contributed by atoms with E-state index in [-0.39, 0.29) is 48.1 Å².